The molecular formula is C18H18N2O4S. The van der Waals surface area contributed by atoms with Crippen LogP contribution in [-0.2, 0) is 19.4 Å². The zero-order chi connectivity index (χ0) is 18.0. The van der Waals surface area contributed by atoms with Gasteiger partial charge in [0.05, 0.1) is 16.6 Å². The van der Waals surface area contributed by atoms with Gasteiger partial charge in [-0.05, 0) is 35.9 Å². The molecule has 0 aromatic heterocycles. The van der Waals surface area contributed by atoms with Gasteiger partial charge in [0.1, 0.15) is 0 Å². The van der Waals surface area contributed by atoms with Crippen molar-refractivity contribution in [3.8, 4) is 0 Å². The molecule has 1 atom stereocenters. The quantitative estimate of drug-likeness (QED) is 0.878. The first-order valence-corrected chi connectivity index (χ1v) is 9.58. The summed E-state index contributed by atoms with van der Waals surface area (Å²) in [5, 5.41) is 5.51. The molecule has 1 aliphatic rings. The van der Waals surface area contributed by atoms with Gasteiger partial charge in [-0.15, -0.1) is 0 Å². The van der Waals surface area contributed by atoms with E-state index in [0.29, 0.717) is 11.4 Å². The molecule has 0 saturated carbocycles. The van der Waals surface area contributed by atoms with Gasteiger partial charge in [-0.2, -0.15) is 0 Å². The summed E-state index contributed by atoms with van der Waals surface area (Å²) in [5.74, 6) is -1.06. The van der Waals surface area contributed by atoms with E-state index < -0.39 is 15.8 Å². The largest absolute Gasteiger partial charge is 0.326 e. The number of carbonyl (C=O) groups is 2. The molecule has 2 N–H and O–H groups in total. The van der Waals surface area contributed by atoms with E-state index in [9.17, 15) is 18.0 Å². The van der Waals surface area contributed by atoms with E-state index in [4.69, 9.17) is 0 Å². The van der Waals surface area contributed by atoms with Crippen LogP contribution >= 0.6 is 0 Å². The Morgan fingerprint density at radius 2 is 1.84 bits per heavy atom. The van der Waals surface area contributed by atoms with Crippen molar-refractivity contribution in [2.45, 2.75) is 24.2 Å². The molecule has 3 rings (SSSR count). The van der Waals surface area contributed by atoms with E-state index in [-0.39, 0.29) is 28.9 Å². The van der Waals surface area contributed by atoms with Crippen LogP contribution < -0.4 is 10.6 Å². The molecule has 0 radical (unpaired) electrons. The number of hydrogen-bond donors (Lipinski definition) is 2. The van der Waals surface area contributed by atoms with Crippen LogP contribution in [0.3, 0.4) is 0 Å². The molecule has 0 saturated heterocycles. The lowest BCUT2D eigenvalue weighted by molar-refractivity contribution is -0.123. The predicted molar refractivity (Wildman–Crippen MR) is 95.2 cm³/mol. The maximum absolute atomic E-state index is 12.6. The fourth-order valence-electron chi connectivity index (χ4n) is 2.79. The summed E-state index contributed by atoms with van der Waals surface area (Å²) in [4.78, 5) is 24.6. The molecule has 2 aromatic rings. The number of amides is 2. The molecule has 1 aliphatic heterocycles. The highest BCUT2D eigenvalue weighted by Crippen LogP contribution is 2.32. The predicted octanol–water partition coefficient (Wildman–Crippen LogP) is 2.54. The van der Waals surface area contributed by atoms with Gasteiger partial charge >= 0.3 is 0 Å². The lowest BCUT2D eigenvalue weighted by atomic mass is 9.90. The summed E-state index contributed by atoms with van der Waals surface area (Å²) >= 11 is 0. The Morgan fingerprint density at radius 1 is 1.16 bits per heavy atom. The number of rotatable bonds is 4. The number of carbonyl (C=O) groups excluding carboxylic acids is 2. The van der Waals surface area contributed by atoms with Gasteiger partial charge in [0.15, 0.2) is 9.84 Å². The normalized spacial score (nSPS) is 16.7. The van der Waals surface area contributed by atoms with Gasteiger partial charge in [-0.25, -0.2) is 8.42 Å². The molecule has 0 aliphatic carbocycles. The van der Waals surface area contributed by atoms with E-state index in [1.54, 1.807) is 31.2 Å². The molecule has 130 valence electrons. The number of anilines is 2. The highest BCUT2D eigenvalue weighted by molar-refractivity contribution is 7.91. The standard InChI is InChI=1S/C18H18N2O4S/c1-2-25(23,24)13-9-7-12(8-10-13)19-18(22)15-11-17(21)20-16-6-4-3-5-14(15)16/h3-10,15H,2,11H2,1H3,(H,19,22)(H,20,21). The molecule has 25 heavy (non-hydrogen) atoms. The van der Waals surface area contributed by atoms with Crippen LogP contribution in [-0.4, -0.2) is 26.0 Å². The van der Waals surface area contributed by atoms with E-state index >= 15 is 0 Å². The molecule has 0 fully saturated rings. The fourth-order valence-corrected chi connectivity index (χ4v) is 3.67. The number of para-hydroxylation sites is 1. The van der Waals surface area contributed by atoms with Crippen molar-refractivity contribution < 1.29 is 18.0 Å². The van der Waals surface area contributed by atoms with Crippen LogP contribution in [0.5, 0.6) is 0 Å². The van der Waals surface area contributed by atoms with Crippen LogP contribution in [0.1, 0.15) is 24.8 Å². The van der Waals surface area contributed by atoms with Gasteiger partial charge in [0.25, 0.3) is 0 Å². The van der Waals surface area contributed by atoms with Crippen LogP contribution in [0.15, 0.2) is 53.4 Å². The van der Waals surface area contributed by atoms with Gasteiger partial charge in [0, 0.05) is 17.8 Å². The molecule has 2 aromatic carbocycles. The van der Waals surface area contributed by atoms with Crippen molar-refractivity contribution in [3.05, 3.63) is 54.1 Å². The number of nitrogens with one attached hydrogen (secondary N) is 2. The van der Waals surface area contributed by atoms with Crippen LogP contribution in [0.2, 0.25) is 0 Å². The van der Waals surface area contributed by atoms with Crippen molar-refractivity contribution in [1.29, 1.82) is 0 Å². The maximum atomic E-state index is 12.6. The van der Waals surface area contributed by atoms with E-state index in [1.165, 1.54) is 12.1 Å². The lowest BCUT2D eigenvalue weighted by Crippen LogP contribution is -2.30. The van der Waals surface area contributed by atoms with Crippen LogP contribution in [0.4, 0.5) is 11.4 Å². The number of sulfone groups is 1. The zero-order valence-corrected chi connectivity index (χ0v) is 14.5. The Kier molecular flexibility index (Phi) is 4.59. The molecule has 6 nitrogen and oxygen atoms in total. The molecule has 0 bridgehead atoms. The monoisotopic (exact) mass is 358 g/mol. The third-order valence-corrected chi connectivity index (χ3v) is 5.93. The van der Waals surface area contributed by atoms with Gasteiger partial charge in [0.2, 0.25) is 11.8 Å². The second-order valence-corrected chi connectivity index (χ2v) is 8.09. The van der Waals surface area contributed by atoms with Gasteiger partial charge in [-0.1, -0.05) is 25.1 Å². The molecule has 1 unspecified atom stereocenters. The highest BCUT2D eigenvalue weighted by atomic mass is 32.2. The Morgan fingerprint density at radius 3 is 2.52 bits per heavy atom. The molecule has 7 heteroatoms. The Balaban J connectivity index is 1.80. The van der Waals surface area contributed by atoms with Crippen LogP contribution in [0, 0.1) is 0 Å². The van der Waals surface area contributed by atoms with Gasteiger partial charge < -0.3 is 10.6 Å². The maximum Gasteiger partial charge on any atom is 0.232 e. The minimum atomic E-state index is -3.28. The summed E-state index contributed by atoms with van der Waals surface area (Å²) < 4.78 is 23.6. The van der Waals surface area contributed by atoms with E-state index in [2.05, 4.69) is 10.6 Å². The van der Waals surface area contributed by atoms with E-state index in [1.807, 2.05) is 12.1 Å². The van der Waals surface area contributed by atoms with E-state index in [0.717, 1.165) is 5.56 Å². The van der Waals surface area contributed by atoms with Gasteiger partial charge in [-0.3, -0.25) is 9.59 Å². The number of benzene rings is 2. The van der Waals surface area contributed by atoms with Crippen molar-refractivity contribution >= 4 is 33.0 Å². The molecule has 1 heterocycles. The first-order chi connectivity index (χ1) is 11.9. The third kappa shape index (κ3) is 3.56. The second-order valence-electron chi connectivity index (χ2n) is 5.81. The summed E-state index contributed by atoms with van der Waals surface area (Å²) in [6.45, 7) is 1.58. The third-order valence-electron chi connectivity index (χ3n) is 4.18. The smallest absolute Gasteiger partial charge is 0.232 e. The van der Waals surface area contributed by atoms with Crippen LogP contribution in [0.25, 0.3) is 0 Å². The topological polar surface area (TPSA) is 92.3 Å². The summed E-state index contributed by atoms with van der Waals surface area (Å²) in [6.07, 6.45) is 0.0745. The first kappa shape index (κ1) is 17.2. The van der Waals surface area contributed by atoms with Crippen molar-refractivity contribution in [2.75, 3.05) is 16.4 Å². The average Bonchev–Trinajstić information content (AvgIpc) is 2.61. The summed E-state index contributed by atoms with van der Waals surface area (Å²) in [6, 6.07) is 13.2. The molecule has 2 amide bonds. The highest BCUT2D eigenvalue weighted by Gasteiger charge is 2.30. The Bertz CT molecular complexity index is 920. The lowest BCUT2D eigenvalue weighted by Gasteiger charge is -2.24. The SMILES string of the molecule is CCS(=O)(=O)c1ccc(NC(=O)C2CC(=O)Nc3ccccc32)cc1. The van der Waals surface area contributed by atoms with Crippen molar-refractivity contribution in [3.63, 3.8) is 0 Å². The first-order valence-electron chi connectivity index (χ1n) is 7.93. The molecular weight excluding hydrogens is 340 g/mol. The fraction of sp³-hybridized carbons (Fsp3) is 0.222. The zero-order valence-electron chi connectivity index (χ0n) is 13.7. The number of hydrogen-bond acceptors (Lipinski definition) is 4. The Labute approximate surface area is 146 Å². The second kappa shape index (κ2) is 6.68. The van der Waals surface area contributed by atoms with Crippen molar-refractivity contribution in [2.24, 2.45) is 0 Å². The minimum absolute atomic E-state index is 0.0205. The summed E-state index contributed by atoms with van der Waals surface area (Å²) in [5.41, 5.74) is 1.90. The Hall–Kier alpha value is -2.67. The van der Waals surface area contributed by atoms with Crippen molar-refractivity contribution in [1.82, 2.24) is 0 Å². The molecule has 0 spiro atoms. The number of fused-ring (bicyclic) bond motifs is 1. The minimum Gasteiger partial charge on any atom is -0.326 e. The summed E-state index contributed by atoms with van der Waals surface area (Å²) in [7, 11) is -3.28. The average molecular weight is 358 g/mol.